The molecule has 14 heavy (non-hydrogen) atoms. The summed E-state index contributed by atoms with van der Waals surface area (Å²) in [6.07, 6.45) is 2.98. The van der Waals surface area contributed by atoms with Crippen LogP contribution in [0.1, 0.15) is 33.3 Å². The largest absolute Gasteiger partial charge is 0.474 e. The second kappa shape index (κ2) is 4.83. The Bertz CT molecular complexity index is 265. The number of furan rings is 1. The maximum absolute atomic E-state index is 5.76. The molecule has 1 nitrogen and oxygen atoms in total. The molecular weight excluding hydrogens is 188 g/mol. The van der Waals surface area contributed by atoms with Crippen LogP contribution in [0.5, 0.6) is 0 Å². The SMILES string of the molecule is CCc1ccoc1[Si](CC)(CC)CC. The van der Waals surface area contributed by atoms with Crippen molar-refractivity contribution in [2.24, 2.45) is 0 Å². The molecule has 0 unspecified atom stereocenters. The molecule has 0 N–H and O–H groups in total. The highest BCUT2D eigenvalue weighted by Crippen LogP contribution is 2.22. The number of aryl methyl sites for hydroxylation is 1. The van der Waals surface area contributed by atoms with Gasteiger partial charge in [0.05, 0.1) is 11.6 Å². The normalized spacial score (nSPS) is 12.0. The monoisotopic (exact) mass is 210 g/mol. The minimum atomic E-state index is -1.27. The molecule has 0 saturated carbocycles. The van der Waals surface area contributed by atoms with Gasteiger partial charge in [0.2, 0.25) is 0 Å². The third kappa shape index (κ3) is 1.80. The van der Waals surface area contributed by atoms with E-state index >= 15 is 0 Å². The van der Waals surface area contributed by atoms with Crippen LogP contribution < -0.4 is 5.38 Å². The summed E-state index contributed by atoms with van der Waals surface area (Å²) in [7, 11) is -1.27. The van der Waals surface area contributed by atoms with Gasteiger partial charge in [-0.3, -0.25) is 0 Å². The topological polar surface area (TPSA) is 13.1 Å². The van der Waals surface area contributed by atoms with Crippen LogP contribution in [-0.2, 0) is 6.42 Å². The maximum Gasteiger partial charge on any atom is 0.131 e. The molecule has 0 radical (unpaired) electrons. The van der Waals surface area contributed by atoms with Crippen molar-refractivity contribution in [3.8, 4) is 0 Å². The Morgan fingerprint density at radius 2 is 1.64 bits per heavy atom. The molecule has 0 spiro atoms. The third-order valence-electron chi connectivity index (χ3n) is 3.64. The Hall–Kier alpha value is -0.503. The molecule has 0 aliphatic rings. The molecule has 80 valence electrons. The van der Waals surface area contributed by atoms with Crippen LogP contribution in [-0.4, -0.2) is 8.07 Å². The number of rotatable bonds is 5. The average Bonchev–Trinajstić information content (AvgIpc) is 2.70. The minimum Gasteiger partial charge on any atom is -0.474 e. The Morgan fingerprint density at radius 3 is 2.07 bits per heavy atom. The lowest BCUT2D eigenvalue weighted by Gasteiger charge is -2.26. The fourth-order valence-corrected chi connectivity index (χ4v) is 6.03. The third-order valence-corrected chi connectivity index (χ3v) is 9.10. The van der Waals surface area contributed by atoms with E-state index < -0.39 is 8.07 Å². The minimum absolute atomic E-state index is 1.11. The zero-order valence-corrected chi connectivity index (χ0v) is 10.9. The Morgan fingerprint density at radius 1 is 1.07 bits per heavy atom. The number of hydrogen-bond donors (Lipinski definition) is 0. The molecule has 1 heterocycles. The Balaban J connectivity index is 3.09. The van der Waals surface area contributed by atoms with Gasteiger partial charge in [-0.05, 0) is 18.1 Å². The zero-order valence-electron chi connectivity index (χ0n) is 9.89. The summed E-state index contributed by atoms with van der Waals surface area (Å²) in [6.45, 7) is 9.18. The molecule has 0 aliphatic heterocycles. The van der Waals surface area contributed by atoms with E-state index in [0.29, 0.717) is 0 Å². The average molecular weight is 210 g/mol. The van der Waals surface area contributed by atoms with Crippen molar-refractivity contribution in [1.29, 1.82) is 0 Å². The van der Waals surface area contributed by atoms with Crippen LogP contribution in [0.3, 0.4) is 0 Å². The van der Waals surface area contributed by atoms with E-state index in [1.54, 1.807) is 0 Å². The van der Waals surface area contributed by atoms with E-state index in [9.17, 15) is 0 Å². The summed E-state index contributed by atoms with van der Waals surface area (Å²) in [5.74, 6) is 0. The van der Waals surface area contributed by atoms with Crippen LogP contribution in [0.2, 0.25) is 18.1 Å². The van der Waals surface area contributed by atoms with E-state index in [2.05, 4.69) is 33.8 Å². The lowest BCUT2D eigenvalue weighted by molar-refractivity contribution is 0.593. The van der Waals surface area contributed by atoms with Gasteiger partial charge in [-0.25, -0.2) is 0 Å². The van der Waals surface area contributed by atoms with E-state index in [1.807, 2.05) is 6.26 Å². The molecule has 0 aliphatic carbocycles. The fourth-order valence-electron chi connectivity index (χ4n) is 2.31. The van der Waals surface area contributed by atoms with Gasteiger partial charge in [0.25, 0.3) is 0 Å². The highest BCUT2D eigenvalue weighted by Gasteiger charge is 2.34. The molecular formula is C12H22OSi. The quantitative estimate of drug-likeness (QED) is 0.677. The van der Waals surface area contributed by atoms with Crippen LogP contribution in [0.25, 0.3) is 0 Å². The summed E-state index contributed by atoms with van der Waals surface area (Å²) in [4.78, 5) is 0. The van der Waals surface area contributed by atoms with E-state index in [1.165, 1.54) is 29.1 Å². The predicted molar refractivity (Wildman–Crippen MR) is 64.9 cm³/mol. The smallest absolute Gasteiger partial charge is 0.131 e. The van der Waals surface area contributed by atoms with Gasteiger partial charge in [-0.1, -0.05) is 45.8 Å². The van der Waals surface area contributed by atoms with E-state index in [4.69, 9.17) is 4.42 Å². The highest BCUT2D eigenvalue weighted by molar-refractivity contribution is 6.91. The molecule has 1 aromatic heterocycles. The lowest BCUT2D eigenvalue weighted by Crippen LogP contribution is -2.46. The van der Waals surface area contributed by atoms with Gasteiger partial charge >= 0.3 is 0 Å². The summed E-state index contributed by atoms with van der Waals surface area (Å²) in [6, 6.07) is 6.07. The summed E-state index contributed by atoms with van der Waals surface area (Å²) in [5.41, 5.74) is 1.45. The first-order valence-electron chi connectivity index (χ1n) is 5.80. The first kappa shape index (κ1) is 11.6. The molecule has 0 atom stereocenters. The molecule has 2 heteroatoms. The lowest BCUT2D eigenvalue weighted by atomic mass is 10.3. The van der Waals surface area contributed by atoms with E-state index in [0.717, 1.165) is 6.42 Å². The van der Waals surface area contributed by atoms with Crippen molar-refractivity contribution >= 4 is 13.5 Å². The first-order valence-corrected chi connectivity index (χ1v) is 8.43. The molecule has 0 amide bonds. The zero-order chi connectivity index (χ0) is 10.6. The van der Waals surface area contributed by atoms with Crippen molar-refractivity contribution in [1.82, 2.24) is 0 Å². The first-order chi connectivity index (χ1) is 6.74. The molecule has 0 fully saturated rings. The van der Waals surface area contributed by atoms with Crippen LogP contribution in [0.4, 0.5) is 0 Å². The predicted octanol–water partition coefficient (Wildman–Crippen LogP) is 3.56. The summed E-state index contributed by atoms with van der Waals surface area (Å²) < 4.78 is 5.76. The summed E-state index contributed by atoms with van der Waals surface area (Å²) in [5, 5.41) is 1.37. The van der Waals surface area contributed by atoms with Crippen molar-refractivity contribution in [3.05, 3.63) is 17.9 Å². The highest BCUT2D eigenvalue weighted by atomic mass is 28.3. The summed E-state index contributed by atoms with van der Waals surface area (Å²) >= 11 is 0. The van der Waals surface area contributed by atoms with Gasteiger partial charge in [0.1, 0.15) is 8.07 Å². The Kier molecular flexibility index (Phi) is 3.99. The standard InChI is InChI=1S/C12H22OSi/c1-5-11-9-10-13-12(11)14(6-2,7-3)8-4/h9-10H,5-8H2,1-4H3. The van der Waals surface area contributed by atoms with Crippen molar-refractivity contribution in [3.63, 3.8) is 0 Å². The second-order valence-electron chi connectivity index (χ2n) is 3.97. The van der Waals surface area contributed by atoms with Crippen molar-refractivity contribution < 1.29 is 4.42 Å². The Labute approximate surface area is 88.5 Å². The van der Waals surface area contributed by atoms with Crippen LogP contribution >= 0.6 is 0 Å². The molecule has 1 aromatic rings. The van der Waals surface area contributed by atoms with Crippen molar-refractivity contribution in [2.75, 3.05) is 0 Å². The van der Waals surface area contributed by atoms with Crippen LogP contribution in [0.15, 0.2) is 16.7 Å². The molecule has 0 bridgehead atoms. The van der Waals surface area contributed by atoms with Gasteiger partial charge in [0.15, 0.2) is 0 Å². The molecule has 0 aromatic carbocycles. The van der Waals surface area contributed by atoms with Gasteiger partial charge in [-0.15, -0.1) is 0 Å². The van der Waals surface area contributed by atoms with Gasteiger partial charge < -0.3 is 4.42 Å². The number of hydrogen-bond acceptors (Lipinski definition) is 1. The van der Waals surface area contributed by atoms with E-state index in [-0.39, 0.29) is 0 Å². The second-order valence-corrected chi connectivity index (χ2v) is 9.11. The maximum atomic E-state index is 5.76. The van der Waals surface area contributed by atoms with Gasteiger partial charge in [0, 0.05) is 0 Å². The van der Waals surface area contributed by atoms with Gasteiger partial charge in [-0.2, -0.15) is 0 Å². The van der Waals surface area contributed by atoms with Crippen LogP contribution in [0, 0.1) is 0 Å². The molecule has 1 rings (SSSR count). The fraction of sp³-hybridized carbons (Fsp3) is 0.667. The molecule has 0 saturated heterocycles. The van der Waals surface area contributed by atoms with Crippen molar-refractivity contribution in [2.45, 2.75) is 52.2 Å².